The predicted octanol–water partition coefficient (Wildman–Crippen LogP) is 0.978. The highest BCUT2D eigenvalue weighted by Gasteiger charge is 2.04. The van der Waals surface area contributed by atoms with Crippen molar-refractivity contribution in [3.8, 4) is 0 Å². The highest BCUT2D eigenvalue weighted by Crippen LogP contribution is 2.00. The van der Waals surface area contributed by atoms with Crippen LogP contribution in [0.2, 0.25) is 0 Å². The summed E-state index contributed by atoms with van der Waals surface area (Å²) < 4.78 is 20.2. The molecule has 0 fully saturated rings. The molecule has 1 N–H and O–H groups in total. The Hall–Kier alpha value is -1.96. The van der Waals surface area contributed by atoms with Crippen molar-refractivity contribution in [1.82, 2.24) is 0 Å². The van der Waals surface area contributed by atoms with E-state index in [9.17, 15) is 9.59 Å². The second-order valence-electron chi connectivity index (χ2n) is 4.17. The summed E-state index contributed by atoms with van der Waals surface area (Å²) in [5.41, 5.74) is 0.507. The Labute approximate surface area is 128 Å². The molecule has 0 saturated carbocycles. The number of carboxylic acid groups (broad SMARTS) is 1. The Morgan fingerprint density at radius 2 is 1.36 bits per heavy atom. The minimum Gasteiger partial charge on any atom is -0.480 e. The van der Waals surface area contributed by atoms with Gasteiger partial charge in [-0.05, 0) is 12.1 Å². The summed E-state index contributed by atoms with van der Waals surface area (Å²) >= 11 is 0. The molecule has 7 nitrogen and oxygen atoms in total. The molecule has 0 spiro atoms. The summed E-state index contributed by atoms with van der Waals surface area (Å²) in [5.74, 6) is -1.38. The lowest BCUT2D eigenvalue weighted by atomic mass is 10.2. The predicted molar refractivity (Wildman–Crippen MR) is 76.8 cm³/mol. The molecule has 0 heterocycles. The maximum absolute atomic E-state index is 11.6. The average molecular weight is 312 g/mol. The minimum absolute atomic E-state index is 0.176. The Bertz CT molecular complexity index is 433. The van der Waals surface area contributed by atoms with Gasteiger partial charge in [0.2, 0.25) is 0 Å². The van der Waals surface area contributed by atoms with Crippen molar-refractivity contribution < 1.29 is 33.6 Å². The van der Waals surface area contributed by atoms with Crippen molar-refractivity contribution in [2.24, 2.45) is 0 Å². The molecule has 0 aromatic heterocycles. The number of benzene rings is 1. The fourth-order valence-electron chi connectivity index (χ4n) is 1.45. The number of esters is 1. The van der Waals surface area contributed by atoms with Crippen molar-refractivity contribution in [2.75, 3.05) is 46.2 Å². The number of carboxylic acids is 1. The van der Waals surface area contributed by atoms with Crippen molar-refractivity contribution in [2.45, 2.75) is 0 Å². The Morgan fingerprint density at radius 1 is 0.818 bits per heavy atom. The highest BCUT2D eigenvalue weighted by atomic mass is 16.6. The molecule has 122 valence electrons. The lowest BCUT2D eigenvalue weighted by Gasteiger charge is -2.07. The maximum atomic E-state index is 11.6. The Balaban J connectivity index is 1.88. The topological polar surface area (TPSA) is 91.3 Å². The van der Waals surface area contributed by atoms with E-state index in [0.29, 0.717) is 25.4 Å². The zero-order valence-electron chi connectivity index (χ0n) is 12.2. The molecular formula is C15H20O7. The third-order valence-corrected chi connectivity index (χ3v) is 2.44. The molecule has 0 aliphatic rings. The van der Waals surface area contributed by atoms with E-state index in [2.05, 4.69) is 0 Å². The largest absolute Gasteiger partial charge is 0.480 e. The Morgan fingerprint density at radius 3 is 1.95 bits per heavy atom. The number of hydrogen-bond acceptors (Lipinski definition) is 6. The van der Waals surface area contributed by atoms with Crippen molar-refractivity contribution >= 4 is 11.9 Å². The molecule has 0 saturated heterocycles. The van der Waals surface area contributed by atoms with E-state index < -0.39 is 5.97 Å². The second kappa shape index (κ2) is 11.7. The summed E-state index contributed by atoms with van der Waals surface area (Å²) in [6, 6.07) is 8.73. The molecule has 0 amide bonds. The molecule has 0 radical (unpaired) electrons. The minimum atomic E-state index is -1.01. The van der Waals surface area contributed by atoms with Crippen LogP contribution in [0.4, 0.5) is 0 Å². The summed E-state index contributed by atoms with van der Waals surface area (Å²) in [6.45, 7) is 1.39. The molecule has 1 aromatic carbocycles. The van der Waals surface area contributed by atoms with Gasteiger partial charge in [0.15, 0.2) is 0 Å². The van der Waals surface area contributed by atoms with Crippen LogP contribution in [-0.2, 0) is 23.7 Å². The van der Waals surface area contributed by atoms with Gasteiger partial charge in [-0.25, -0.2) is 9.59 Å². The SMILES string of the molecule is O=C(O)COCCOCCOCCOC(=O)c1ccccc1. The van der Waals surface area contributed by atoms with E-state index in [1.165, 1.54) is 0 Å². The Kier molecular flexibility index (Phi) is 9.60. The number of carbonyl (C=O) groups is 2. The van der Waals surface area contributed by atoms with Gasteiger partial charge in [0.05, 0.1) is 38.6 Å². The van der Waals surface area contributed by atoms with E-state index in [1.807, 2.05) is 6.07 Å². The first-order chi connectivity index (χ1) is 10.7. The zero-order chi connectivity index (χ0) is 16.0. The van der Waals surface area contributed by atoms with Crippen LogP contribution in [0.25, 0.3) is 0 Å². The van der Waals surface area contributed by atoms with Crippen LogP contribution in [0.1, 0.15) is 10.4 Å². The van der Waals surface area contributed by atoms with Crippen LogP contribution in [0.5, 0.6) is 0 Å². The van der Waals surface area contributed by atoms with Gasteiger partial charge >= 0.3 is 11.9 Å². The summed E-state index contributed by atoms with van der Waals surface area (Å²) in [7, 11) is 0. The van der Waals surface area contributed by atoms with Crippen LogP contribution in [0.3, 0.4) is 0 Å². The summed E-state index contributed by atoms with van der Waals surface area (Å²) in [4.78, 5) is 21.7. The molecule has 0 bridgehead atoms. The van der Waals surface area contributed by atoms with Gasteiger partial charge in [-0.15, -0.1) is 0 Å². The molecule has 0 unspecified atom stereocenters. The highest BCUT2D eigenvalue weighted by molar-refractivity contribution is 5.89. The molecular weight excluding hydrogens is 292 g/mol. The molecule has 0 atom stereocenters. The summed E-state index contributed by atoms with van der Waals surface area (Å²) in [5, 5.41) is 8.33. The first-order valence-corrected chi connectivity index (χ1v) is 6.87. The van der Waals surface area contributed by atoms with E-state index in [4.69, 9.17) is 24.1 Å². The normalized spacial score (nSPS) is 10.4. The number of hydrogen-bond donors (Lipinski definition) is 1. The first-order valence-electron chi connectivity index (χ1n) is 6.87. The summed E-state index contributed by atoms with van der Waals surface area (Å²) in [6.07, 6.45) is 0. The monoisotopic (exact) mass is 312 g/mol. The molecule has 0 aliphatic heterocycles. The number of carbonyl (C=O) groups excluding carboxylic acids is 1. The molecule has 0 aliphatic carbocycles. The van der Waals surface area contributed by atoms with Gasteiger partial charge < -0.3 is 24.1 Å². The number of ether oxygens (including phenoxy) is 4. The maximum Gasteiger partial charge on any atom is 0.338 e. The lowest BCUT2D eigenvalue weighted by molar-refractivity contribution is -0.142. The fourth-order valence-corrected chi connectivity index (χ4v) is 1.45. The van der Waals surface area contributed by atoms with Crippen molar-refractivity contribution in [3.63, 3.8) is 0 Å². The van der Waals surface area contributed by atoms with Gasteiger partial charge in [0, 0.05) is 0 Å². The lowest BCUT2D eigenvalue weighted by Crippen LogP contribution is -2.15. The first kappa shape index (κ1) is 18.1. The number of rotatable bonds is 12. The van der Waals surface area contributed by atoms with Crippen molar-refractivity contribution in [3.05, 3.63) is 35.9 Å². The second-order valence-corrected chi connectivity index (χ2v) is 4.17. The van der Waals surface area contributed by atoms with Gasteiger partial charge in [-0.3, -0.25) is 0 Å². The van der Waals surface area contributed by atoms with Gasteiger partial charge in [-0.2, -0.15) is 0 Å². The van der Waals surface area contributed by atoms with Gasteiger partial charge in [0.1, 0.15) is 13.2 Å². The van der Waals surface area contributed by atoms with Gasteiger partial charge in [0.25, 0.3) is 0 Å². The third-order valence-electron chi connectivity index (χ3n) is 2.44. The molecule has 1 rings (SSSR count). The van der Waals surface area contributed by atoms with Crippen LogP contribution in [0, 0.1) is 0 Å². The zero-order valence-corrected chi connectivity index (χ0v) is 12.2. The van der Waals surface area contributed by atoms with E-state index in [0.717, 1.165) is 0 Å². The standard InChI is InChI=1S/C15H20O7/c16-14(17)12-21-9-8-19-6-7-20-10-11-22-15(18)13-4-2-1-3-5-13/h1-5H,6-12H2,(H,16,17). The molecule has 1 aromatic rings. The van der Waals surface area contributed by atoms with Gasteiger partial charge in [-0.1, -0.05) is 18.2 Å². The van der Waals surface area contributed by atoms with E-state index in [-0.39, 0.29) is 32.4 Å². The molecule has 22 heavy (non-hydrogen) atoms. The number of aliphatic carboxylic acids is 1. The van der Waals surface area contributed by atoms with Crippen LogP contribution in [-0.4, -0.2) is 63.3 Å². The van der Waals surface area contributed by atoms with E-state index in [1.54, 1.807) is 24.3 Å². The van der Waals surface area contributed by atoms with Crippen molar-refractivity contribution in [1.29, 1.82) is 0 Å². The van der Waals surface area contributed by atoms with E-state index >= 15 is 0 Å². The quantitative estimate of drug-likeness (QED) is 0.454. The average Bonchev–Trinajstić information content (AvgIpc) is 2.53. The fraction of sp³-hybridized carbons (Fsp3) is 0.467. The third kappa shape index (κ3) is 9.06. The van der Waals surface area contributed by atoms with Crippen LogP contribution in [0.15, 0.2) is 30.3 Å². The van der Waals surface area contributed by atoms with Crippen LogP contribution < -0.4 is 0 Å². The smallest absolute Gasteiger partial charge is 0.338 e. The van der Waals surface area contributed by atoms with Crippen LogP contribution >= 0.6 is 0 Å². The molecule has 7 heteroatoms.